The lowest BCUT2D eigenvalue weighted by Gasteiger charge is -2.25. The van der Waals surface area contributed by atoms with E-state index in [9.17, 15) is 4.79 Å². The van der Waals surface area contributed by atoms with Gasteiger partial charge in [-0.1, -0.05) is 31.8 Å². The van der Waals surface area contributed by atoms with Crippen LogP contribution in [0, 0.1) is 31.6 Å². The van der Waals surface area contributed by atoms with Crippen LogP contribution in [0.15, 0.2) is 36.7 Å². The van der Waals surface area contributed by atoms with Gasteiger partial charge in [0, 0.05) is 44.0 Å². The second-order valence-corrected chi connectivity index (χ2v) is 17.8. The van der Waals surface area contributed by atoms with E-state index in [4.69, 9.17) is 9.84 Å². The number of hydrogen-bond acceptors (Lipinski definition) is 4. The first-order valence-corrected chi connectivity index (χ1v) is 17.4. The number of hydrogen-bond donors (Lipinski definition) is 2. The minimum absolute atomic E-state index is 0.0437. The summed E-state index contributed by atoms with van der Waals surface area (Å²) in [6.07, 6.45) is 8.51. The molecule has 2 saturated carbocycles. The second kappa shape index (κ2) is 10.6. The number of anilines is 1. The van der Waals surface area contributed by atoms with Crippen molar-refractivity contribution in [2.75, 3.05) is 11.9 Å². The number of benzene rings is 1. The van der Waals surface area contributed by atoms with Gasteiger partial charge in [0.2, 0.25) is 5.91 Å². The van der Waals surface area contributed by atoms with E-state index >= 15 is 0 Å². The summed E-state index contributed by atoms with van der Waals surface area (Å²) in [5.74, 6) is 2.30. The van der Waals surface area contributed by atoms with Gasteiger partial charge >= 0.3 is 0 Å². The number of nitrogens with zero attached hydrogens (tertiary/aromatic N) is 3. The number of aromatic amines is 1. The van der Waals surface area contributed by atoms with Gasteiger partial charge in [-0.05, 0) is 81.0 Å². The standard InChI is InChI=1S/C29H41N5O2Si/c1-19-25(20(2)34(33-19)18-36-16-17-37(3,4)5)21-10-12-24(13-11-21)32-29(35)27(28-30-14-15-31-28)26(22-6-7-22)23-8-9-23/h10-15,22-23,26-27H,6-9,16-18H2,1-5H3,(H,30,31)(H,32,35). The topological polar surface area (TPSA) is 84.8 Å². The van der Waals surface area contributed by atoms with Crippen LogP contribution in [-0.2, 0) is 16.3 Å². The third-order valence-electron chi connectivity index (χ3n) is 7.85. The molecule has 2 aromatic heterocycles. The van der Waals surface area contributed by atoms with Crippen molar-refractivity contribution in [2.45, 2.75) is 77.9 Å². The highest BCUT2D eigenvalue weighted by molar-refractivity contribution is 6.76. The molecule has 2 N–H and O–H groups in total. The molecule has 37 heavy (non-hydrogen) atoms. The molecule has 8 heteroatoms. The van der Waals surface area contributed by atoms with E-state index in [1.807, 2.05) is 29.9 Å². The number of aryl methyl sites for hydroxylation is 1. The van der Waals surface area contributed by atoms with E-state index in [1.165, 1.54) is 25.7 Å². The average Bonchev–Trinajstić information content (AvgIpc) is 3.78. The molecule has 198 valence electrons. The Balaban J connectivity index is 1.27. The quantitative estimate of drug-likeness (QED) is 0.215. The Bertz CT molecular complexity index is 1190. The molecule has 1 atom stereocenters. The Morgan fingerprint density at radius 2 is 1.81 bits per heavy atom. The van der Waals surface area contributed by atoms with Gasteiger partial charge in [-0.15, -0.1) is 0 Å². The van der Waals surface area contributed by atoms with Crippen molar-refractivity contribution in [2.24, 2.45) is 17.8 Å². The van der Waals surface area contributed by atoms with Crippen molar-refractivity contribution in [3.8, 4) is 11.1 Å². The van der Waals surface area contributed by atoms with Crippen LogP contribution < -0.4 is 5.32 Å². The second-order valence-electron chi connectivity index (χ2n) is 12.2. The molecule has 2 aliphatic rings. The summed E-state index contributed by atoms with van der Waals surface area (Å²) in [5.41, 5.74) is 5.11. The molecule has 7 nitrogen and oxygen atoms in total. The van der Waals surface area contributed by atoms with Gasteiger partial charge in [0.1, 0.15) is 12.6 Å². The molecule has 5 rings (SSSR count). The van der Waals surface area contributed by atoms with Gasteiger partial charge < -0.3 is 15.0 Å². The van der Waals surface area contributed by atoms with E-state index < -0.39 is 8.07 Å². The molecule has 2 heterocycles. The van der Waals surface area contributed by atoms with Crippen LogP contribution in [-0.4, -0.2) is 40.3 Å². The Morgan fingerprint density at radius 3 is 2.38 bits per heavy atom. The number of ether oxygens (including phenoxy) is 1. The van der Waals surface area contributed by atoms with Gasteiger partial charge in [0.05, 0.1) is 11.6 Å². The lowest BCUT2D eigenvalue weighted by molar-refractivity contribution is -0.119. The summed E-state index contributed by atoms with van der Waals surface area (Å²) >= 11 is 0. The van der Waals surface area contributed by atoms with E-state index in [2.05, 4.69) is 54.0 Å². The zero-order chi connectivity index (χ0) is 26.2. The molecule has 1 amide bonds. The Hall–Kier alpha value is -2.71. The molecule has 0 radical (unpaired) electrons. The van der Waals surface area contributed by atoms with Crippen molar-refractivity contribution in [3.05, 3.63) is 53.9 Å². The van der Waals surface area contributed by atoms with Crippen LogP contribution in [0.25, 0.3) is 11.1 Å². The maximum atomic E-state index is 13.6. The lowest BCUT2D eigenvalue weighted by atomic mass is 9.82. The van der Waals surface area contributed by atoms with Gasteiger partial charge in [-0.2, -0.15) is 5.10 Å². The van der Waals surface area contributed by atoms with Crippen LogP contribution in [0.3, 0.4) is 0 Å². The molecule has 0 saturated heterocycles. The van der Waals surface area contributed by atoms with E-state index in [-0.39, 0.29) is 11.8 Å². The molecule has 2 fully saturated rings. The van der Waals surface area contributed by atoms with Crippen molar-refractivity contribution in [3.63, 3.8) is 0 Å². The number of carbonyl (C=O) groups excluding carboxylic acids is 1. The normalized spacial score (nSPS) is 16.8. The SMILES string of the molecule is Cc1nn(COCC[Si](C)(C)C)c(C)c1-c1ccc(NC(=O)C(c2ncc[nH]2)C(C2CC2)C2CC2)cc1. The summed E-state index contributed by atoms with van der Waals surface area (Å²) in [7, 11) is -1.11. The van der Waals surface area contributed by atoms with Gasteiger partial charge in [0.25, 0.3) is 0 Å². The van der Waals surface area contributed by atoms with Crippen molar-refractivity contribution >= 4 is 19.7 Å². The van der Waals surface area contributed by atoms with Gasteiger partial charge in [0.15, 0.2) is 0 Å². The van der Waals surface area contributed by atoms with Crippen LogP contribution in [0.4, 0.5) is 5.69 Å². The minimum atomic E-state index is -1.11. The highest BCUT2D eigenvalue weighted by Gasteiger charge is 2.49. The van der Waals surface area contributed by atoms with Crippen LogP contribution in [0.5, 0.6) is 0 Å². The number of nitrogens with one attached hydrogen (secondary N) is 2. The molecule has 1 aromatic carbocycles. The maximum absolute atomic E-state index is 13.6. The summed E-state index contributed by atoms with van der Waals surface area (Å²) in [6.45, 7) is 12.5. The number of aromatic nitrogens is 4. The molecular weight excluding hydrogens is 478 g/mol. The average molecular weight is 520 g/mol. The highest BCUT2D eigenvalue weighted by Crippen LogP contribution is 2.54. The number of imidazole rings is 1. The Kier molecular flexibility index (Phi) is 7.41. The van der Waals surface area contributed by atoms with Crippen molar-refractivity contribution < 1.29 is 9.53 Å². The lowest BCUT2D eigenvalue weighted by Crippen LogP contribution is -2.31. The first-order chi connectivity index (χ1) is 17.7. The smallest absolute Gasteiger partial charge is 0.235 e. The first-order valence-electron chi connectivity index (χ1n) is 13.7. The van der Waals surface area contributed by atoms with Gasteiger partial charge in [-0.3, -0.25) is 4.79 Å². The number of rotatable bonds is 12. The third kappa shape index (κ3) is 6.24. The molecule has 0 bridgehead atoms. The number of H-pyrrole nitrogens is 1. The fraction of sp³-hybridized carbons (Fsp3) is 0.552. The highest BCUT2D eigenvalue weighted by atomic mass is 28.3. The molecular formula is C29H41N5O2Si. The molecule has 0 spiro atoms. The summed E-state index contributed by atoms with van der Waals surface area (Å²) in [6, 6.07) is 9.29. The molecule has 0 aliphatic heterocycles. The van der Waals surface area contributed by atoms with Crippen molar-refractivity contribution in [1.82, 2.24) is 19.7 Å². The number of amides is 1. The van der Waals surface area contributed by atoms with Gasteiger partial charge in [-0.25, -0.2) is 9.67 Å². The minimum Gasteiger partial charge on any atom is -0.360 e. The predicted octanol–water partition coefficient (Wildman–Crippen LogP) is 6.36. The van der Waals surface area contributed by atoms with E-state index in [0.717, 1.165) is 46.7 Å². The third-order valence-corrected chi connectivity index (χ3v) is 9.55. The molecule has 3 aromatic rings. The first kappa shape index (κ1) is 25.9. The number of carbonyl (C=O) groups is 1. The van der Waals surface area contributed by atoms with Crippen LogP contribution in [0.1, 0.15) is 48.8 Å². The molecule has 2 aliphatic carbocycles. The molecule has 1 unspecified atom stereocenters. The summed E-state index contributed by atoms with van der Waals surface area (Å²) < 4.78 is 7.89. The zero-order valence-corrected chi connectivity index (χ0v) is 23.9. The fourth-order valence-electron chi connectivity index (χ4n) is 5.53. The van der Waals surface area contributed by atoms with E-state index in [1.54, 1.807) is 6.20 Å². The zero-order valence-electron chi connectivity index (χ0n) is 22.9. The monoisotopic (exact) mass is 519 g/mol. The van der Waals surface area contributed by atoms with Crippen molar-refractivity contribution in [1.29, 1.82) is 0 Å². The Morgan fingerprint density at radius 1 is 1.14 bits per heavy atom. The fourth-order valence-corrected chi connectivity index (χ4v) is 6.29. The van der Waals surface area contributed by atoms with Crippen LogP contribution >= 0.6 is 0 Å². The largest absolute Gasteiger partial charge is 0.360 e. The summed E-state index contributed by atoms with van der Waals surface area (Å²) in [4.78, 5) is 21.3. The predicted molar refractivity (Wildman–Crippen MR) is 150 cm³/mol. The van der Waals surface area contributed by atoms with E-state index in [0.29, 0.717) is 24.5 Å². The maximum Gasteiger partial charge on any atom is 0.235 e. The summed E-state index contributed by atoms with van der Waals surface area (Å²) in [5, 5.41) is 7.93. The Labute approximate surface area is 221 Å². The van der Waals surface area contributed by atoms with Crippen LogP contribution in [0.2, 0.25) is 25.7 Å².